The molecule has 0 atom stereocenters. The van der Waals surface area contributed by atoms with E-state index >= 15 is 0 Å². The van der Waals surface area contributed by atoms with Crippen molar-refractivity contribution in [1.82, 2.24) is 9.55 Å². The Morgan fingerprint density at radius 2 is 2.21 bits per heavy atom. The molecule has 2 N–H and O–H groups in total. The molecule has 0 saturated carbocycles. The molecule has 0 aliphatic carbocycles. The summed E-state index contributed by atoms with van der Waals surface area (Å²) in [7, 11) is 1.66. The van der Waals surface area contributed by atoms with Crippen LogP contribution in [-0.4, -0.2) is 29.6 Å². The number of nitrogens with two attached hydrogens (primary N) is 1. The standard InChI is InChI=1S/C21H21N5OS/c1-3-9-23-21-19(22)28-18-7-6-15(12-17(18)26(21)14-27-2)13-25-11-4-5-16-8-10-24-20(16)25/h3-12H,1,13-14,22H2,2H3/b23-9-. The van der Waals surface area contributed by atoms with E-state index < -0.39 is 0 Å². The number of hydrogen-bond donors (Lipinski definition) is 1. The van der Waals surface area contributed by atoms with Crippen molar-refractivity contribution in [3.05, 3.63) is 77.9 Å². The van der Waals surface area contributed by atoms with Gasteiger partial charge in [0.1, 0.15) is 17.6 Å². The molecule has 1 aromatic rings. The molecule has 0 bridgehead atoms. The molecule has 3 heterocycles. The third-order valence-corrected chi connectivity index (χ3v) is 5.41. The van der Waals surface area contributed by atoms with E-state index in [1.165, 1.54) is 11.8 Å². The van der Waals surface area contributed by atoms with Crippen molar-refractivity contribution in [3.63, 3.8) is 0 Å². The van der Waals surface area contributed by atoms with Crippen LogP contribution < -0.4 is 10.6 Å². The first-order chi connectivity index (χ1) is 13.7. The summed E-state index contributed by atoms with van der Waals surface area (Å²) in [6, 6.07) is 12.5. The van der Waals surface area contributed by atoms with Gasteiger partial charge in [-0.15, -0.1) is 0 Å². The Hall–Kier alpha value is -3.03. The lowest BCUT2D eigenvalue weighted by atomic mass is 10.1. The van der Waals surface area contributed by atoms with Gasteiger partial charge >= 0.3 is 0 Å². The van der Waals surface area contributed by atoms with E-state index in [0.29, 0.717) is 17.6 Å². The highest BCUT2D eigenvalue weighted by Gasteiger charge is 2.25. The zero-order valence-electron chi connectivity index (χ0n) is 15.6. The van der Waals surface area contributed by atoms with Crippen molar-refractivity contribution < 1.29 is 4.74 Å². The van der Waals surface area contributed by atoms with E-state index in [1.54, 1.807) is 19.4 Å². The minimum absolute atomic E-state index is 0.356. The smallest absolute Gasteiger partial charge is 0.165 e. The minimum atomic E-state index is 0.356. The third kappa shape index (κ3) is 3.42. The molecule has 0 unspecified atom stereocenters. The third-order valence-electron chi connectivity index (χ3n) is 4.45. The van der Waals surface area contributed by atoms with Gasteiger partial charge in [0.15, 0.2) is 5.82 Å². The maximum absolute atomic E-state index is 6.25. The summed E-state index contributed by atoms with van der Waals surface area (Å²) in [6.45, 7) is 4.76. The molecule has 142 valence electrons. The number of nitrogens with zero attached hydrogens (tertiary/aromatic N) is 4. The number of aliphatic imine (C=N–C) groups is 1. The van der Waals surface area contributed by atoms with Crippen LogP contribution in [0.25, 0.3) is 11.4 Å². The summed E-state index contributed by atoms with van der Waals surface area (Å²) in [5, 5.41) is 0.635. The molecule has 4 rings (SSSR count). The lowest BCUT2D eigenvalue weighted by Gasteiger charge is -2.31. The van der Waals surface area contributed by atoms with Crippen LogP contribution in [0.4, 0.5) is 5.69 Å². The molecular weight excluding hydrogens is 370 g/mol. The second-order valence-electron chi connectivity index (χ2n) is 6.31. The molecule has 0 fully saturated rings. The zero-order chi connectivity index (χ0) is 19.5. The highest BCUT2D eigenvalue weighted by Crippen LogP contribution is 2.42. The first-order valence-electron chi connectivity index (χ1n) is 8.83. The summed E-state index contributed by atoms with van der Waals surface area (Å²) in [5.41, 5.74) is 9.57. The lowest BCUT2D eigenvalue weighted by molar-refractivity contribution is 0.202. The maximum atomic E-state index is 6.25. The second kappa shape index (κ2) is 7.92. The van der Waals surface area contributed by atoms with Crippen LogP contribution in [0, 0.1) is 0 Å². The van der Waals surface area contributed by atoms with Gasteiger partial charge in [-0.2, -0.15) is 0 Å². The molecule has 3 aliphatic heterocycles. The van der Waals surface area contributed by atoms with Crippen molar-refractivity contribution in [2.75, 3.05) is 18.7 Å². The SMILES string of the molecule is C=C/C=N\C1=C(N)Sc2ccc(Cn3cccc4ccnc3-4)cc2N1COC. The molecule has 0 spiro atoms. The molecule has 6 nitrogen and oxygen atoms in total. The van der Waals surface area contributed by atoms with Gasteiger partial charge < -0.3 is 15.0 Å². The second-order valence-corrected chi connectivity index (χ2v) is 7.40. The molecule has 3 aliphatic rings. The van der Waals surface area contributed by atoms with Crippen molar-refractivity contribution in [2.45, 2.75) is 11.4 Å². The Morgan fingerprint density at radius 1 is 1.32 bits per heavy atom. The summed E-state index contributed by atoms with van der Waals surface area (Å²) >= 11 is 1.51. The molecule has 0 amide bonds. The fraction of sp³-hybridized carbons (Fsp3) is 0.143. The van der Waals surface area contributed by atoms with Gasteiger partial charge in [-0.25, -0.2) is 9.98 Å². The summed E-state index contributed by atoms with van der Waals surface area (Å²) in [6.07, 6.45) is 7.15. The van der Waals surface area contributed by atoms with Crippen LogP contribution in [0.2, 0.25) is 0 Å². The fourth-order valence-corrected chi connectivity index (χ4v) is 4.14. The number of benzene rings is 1. The Kier molecular flexibility index (Phi) is 5.18. The molecule has 0 aromatic heterocycles. The molecule has 1 aromatic carbocycles. The van der Waals surface area contributed by atoms with E-state index in [2.05, 4.69) is 45.4 Å². The van der Waals surface area contributed by atoms with Gasteiger partial charge in [0.05, 0.1) is 5.69 Å². The van der Waals surface area contributed by atoms with Crippen molar-refractivity contribution in [2.24, 2.45) is 10.7 Å². The van der Waals surface area contributed by atoms with Crippen LogP contribution in [0.15, 0.2) is 82.2 Å². The van der Waals surface area contributed by atoms with Crippen LogP contribution in [0.1, 0.15) is 5.56 Å². The van der Waals surface area contributed by atoms with E-state index in [0.717, 1.165) is 34.1 Å². The summed E-state index contributed by atoms with van der Waals surface area (Å²) in [5.74, 6) is 1.65. The Bertz CT molecular complexity index is 1040. The van der Waals surface area contributed by atoms with Crippen molar-refractivity contribution in [3.8, 4) is 11.4 Å². The topological polar surface area (TPSA) is 68.7 Å². The Morgan fingerprint density at radius 3 is 3.04 bits per heavy atom. The summed E-state index contributed by atoms with van der Waals surface area (Å²) in [4.78, 5) is 12.0. The predicted molar refractivity (Wildman–Crippen MR) is 115 cm³/mol. The number of allylic oxidation sites excluding steroid dienone is 1. The first-order valence-corrected chi connectivity index (χ1v) is 9.65. The Balaban J connectivity index is 1.70. The number of pyridine rings is 1. The molecule has 0 saturated heterocycles. The van der Waals surface area contributed by atoms with Crippen molar-refractivity contribution in [1.29, 1.82) is 0 Å². The average molecular weight is 392 g/mol. The monoisotopic (exact) mass is 391 g/mol. The number of anilines is 1. The predicted octanol–water partition coefficient (Wildman–Crippen LogP) is 3.89. The van der Waals surface area contributed by atoms with Crippen LogP contribution in [0.3, 0.4) is 0 Å². The maximum Gasteiger partial charge on any atom is 0.165 e. The number of thioether (sulfide) groups is 1. The Labute approximate surface area is 168 Å². The van der Waals surface area contributed by atoms with Crippen LogP contribution in [-0.2, 0) is 11.3 Å². The van der Waals surface area contributed by atoms with Gasteiger partial charge in [-0.05, 0) is 35.9 Å². The minimum Gasteiger partial charge on any atom is -0.390 e. The first kappa shape index (κ1) is 18.3. The highest BCUT2D eigenvalue weighted by molar-refractivity contribution is 8.03. The number of aromatic nitrogens is 2. The number of hydrogen-bond acceptors (Lipinski definition) is 6. The average Bonchev–Trinajstić information content (AvgIpc) is 3.18. The normalized spacial score (nSPS) is 14.1. The number of ether oxygens (including phenoxy) is 1. The van der Waals surface area contributed by atoms with Crippen molar-refractivity contribution >= 4 is 23.7 Å². The molecule has 28 heavy (non-hydrogen) atoms. The number of rotatable bonds is 6. The highest BCUT2D eigenvalue weighted by atomic mass is 32.2. The van der Waals surface area contributed by atoms with Crippen LogP contribution in [0.5, 0.6) is 0 Å². The molecule has 7 heteroatoms. The van der Waals surface area contributed by atoms with Gasteiger partial charge in [-0.1, -0.05) is 30.5 Å². The molecule has 0 radical (unpaired) electrons. The van der Waals surface area contributed by atoms with E-state index in [4.69, 9.17) is 10.5 Å². The number of methoxy groups -OCH3 is 1. The quantitative estimate of drug-likeness (QED) is 0.646. The lowest BCUT2D eigenvalue weighted by Crippen LogP contribution is -2.29. The van der Waals surface area contributed by atoms with E-state index in [-0.39, 0.29) is 0 Å². The summed E-state index contributed by atoms with van der Waals surface area (Å²) < 4.78 is 7.56. The van der Waals surface area contributed by atoms with Gasteiger partial charge in [-0.3, -0.25) is 4.90 Å². The van der Waals surface area contributed by atoms with Gasteiger partial charge in [0, 0.05) is 42.7 Å². The largest absolute Gasteiger partial charge is 0.390 e. The zero-order valence-corrected chi connectivity index (χ0v) is 16.4. The number of fused-ring (bicyclic) bond motifs is 2. The van der Waals surface area contributed by atoms with Crippen LogP contribution >= 0.6 is 11.8 Å². The van der Waals surface area contributed by atoms with E-state index in [9.17, 15) is 0 Å². The molecular formula is C21H21N5OS. The van der Waals surface area contributed by atoms with Gasteiger partial charge in [0.25, 0.3) is 0 Å². The van der Waals surface area contributed by atoms with E-state index in [1.807, 2.05) is 29.4 Å². The van der Waals surface area contributed by atoms with Gasteiger partial charge in [0.2, 0.25) is 0 Å². The fourth-order valence-electron chi connectivity index (χ4n) is 3.24.